The van der Waals surface area contributed by atoms with Gasteiger partial charge in [-0.2, -0.15) is 0 Å². The number of aliphatic hydroxyl groups excluding tert-OH is 1. The third-order valence-corrected chi connectivity index (χ3v) is 5.52. The molecule has 5 nitrogen and oxygen atoms in total. The number of nitrogens with one attached hydrogen (secondary N) is 1. The van der Waals surface area contributed by atoms with Crippen molar-refractivity contribution in [2.45, 2.75) is 52.6 Å². The number of hydrogen-bond acceptors (Lipinski definition) is 3. The minimum atomic E-state index is -0.102. The number of halogens is 1. The minimum absolute atomic E-state index is 0. The average Bonchev–Trinajstić information content (AvgIpc) is 2.70. The molecular formula is C21H36IN3O2. The first kappa shape index (κ1) is 24.0. The van der Waals surface area contributed by atoms with Crippen LogP contribution in [0.2, 0.25) is 0 Å². The molecule has 0 bridgehead atoms. The molecule has 2 N–H and O–H groups in total. The maximum Gasteiger partial charge on any atom is 0.193 e. The summed E-state index contributed by atoms with van der Waals surface area (Å²) in [6.45, 7) is 9.95. The molecule has 0 radical (unpaired) electrons. The van der Waals surface area contributed by atoms with Gasteiger partial charge >= 0.3 is 0 Å². The van der Waals surface area contributed by atoms with Crippen LogP contribution in [0.3, 0.4) is 0 Å². The number of piperidine rings is 1. The molecule has 1 saturated heterocycles. The van der Waals surface area contributed by atoms with E-state index in [-0.39, 0.29) is 42.1 Å². The van der Waals surface area contributed by atoms with Crippen molar-refractivity contribution in [2.24, 2.45) is 10.4 Å². The summed E-state index contributed by atoms with van der Waals surface area (Å²) in [5.74, 6) is 1.91. The molecule has 2 rings (SSSR count). The highest BCUT2D eigenvalue weighted by atomic mass is 127. The predicted octanol–water partition coefficient (Wildman–Crippen LogP) is 3.91. The van der Waals surface area contributed by atoms with Crippen molar-refractivity contribution < 1.29 is 9.84 Å². The van der Waals surface area contributed by atoms with E-state index in [0.717, 1.165) is 57.0 Å². The summed E-state index contributed by atoms with van der Waals surface area (Å²) < 4.78 is 6.09. The van der Waals surface area contributed by atoms with Crippen LogP contribution < -0.4 is 10.1 Å². The van der Waals surface area contributed by atoms with Gasteiger partial charge in [-0.3, -0.25) is 4.99 Å². The monoisotopic (exact) mass is 489 g/mol. The van der Waals surface area contributed by atoms with Gasteiger partial charge in [0.1, 0.15) is 11.9 Å². The molecular weight excluding hydrogens is 453 g/mol. The lowest BCUT2D eigenvalue weighted by molar-refractivity contribution is 0.120. The number of aliphatic hydroxyl groups is 1. The fourth-order valence-corrected chi connectivity index (χ4v) is 3.29. The molecule has 0 unspecified atom stereocenters. The number of ether oxygens (including phenoxy) is 1. The van der Waals surface area contributed by atoms with Gasteiger partial charge in [0.15, 0.2) is 5.96 Å². The van der Waals surface area contributed by atoms with Crippen LogP contribution in [-0.2, 0) is 0 Å². The van der Waals surface area contributed by atoms with Gasteiger partial charge in [-0.1, -0.05) is 32.0 Å². The van der Waals surface area contributed by atoms with E-state index in [1.165, 1.54) is 0 Å². The zero-order valence-electron chi connectivity index (χ0n) is 17.0. The molecule has 1 aliphatic heterocycles. The highest BCUT2D eigenvalue weighted by Crippen LogP contribution is 2.26. The van der Waals surface area contributed by atoms with Crippen LogP contribution >= 0.6 is 24.0 Å². The maximum absolute atomic E-state index is 9.78. The lowest BCUT2D eigenvalue weighted by Crippen LogP contribution is -2.48. The maximum atomic E-state index is 9.78. The lowest BCUT2D eigenvalue weighted by Gasteiger charge is -2.35. The van der Waals surface area contributed by atoms with Gasteiger partial charge in [-0.05, 0) is 31.9 Å². The van der Waals surface area contributed by atoms with E-state index in [1.54, 1.807) is 0 Å². The number of hydrogen-bond donors (Lipinski definition) is 2. The molecule has 6 heteroatoms. The number of benzene rings is 1. The van der Waals surface area contributed by atoms with E-state index < -0.39 is 0 Å². The Labute approximate surface area is 181 Å². The largest absolute Gasteiger partial charge is 0.490 e. The molecule has 154 valence electrons. The van der Waals surface area contributed by atoms with E-state index >= 15 is 0 Å². The summed E-state index contributed by atoms with van der Waals surface area (Å²) in [4.78, 5) is 7.18. The molecule has 0 aromatic heterocycles. The Morgan fingerprint density at radius 2 is 1.81 bits per heavy atom. The van der Waals surface area contributed by atoms with Crippen LogP contribution in [0.25, 0.3) is 0 Å². The van der Waals surface area contributed by atoms with Crippen LogP contribution in [-0.4, -0.2) is 54.9 Å². The summed E-state index contributed by atoms with van der Waals surface area (Å²) in [7, 11) is 0. The zero-order valence-corrected chi connectivity index (χ0v) is 19.3. The second kappa shape index (κ2) is 12.4. The summed E-state index contributed by atoms with van der Waals surface area (Å²) >= 11 is 0. The normalized spacial score (nSPS) is 16.0. The Bertz CT molecular complexity index is 533. The van der Waals surface area contributed by atoms with Gasteiger partial charge in [-0.25, -0.2) is 0 Å². The van der Waals surface area contributed by atoms with Crippen molar-refractivity contribution in [3.8, 4) is 5.75 Å². The molecule has 0 spiro atoms. The molecule has 0 aliphatic carbocycles. The van der Waals surface area contributed by atoms with Gasteiger partial charge in [0, 0.05) is 37.9 Å². The summed E-state index contributed by atoms with van der Waals surface area (Å²) in [5.41, 5.74) is -0.102. The Morgan fingerprint density at radius 3 is 2.33 bits per heavy atom. The zero-order chi connectivity index (χ0) is 18.8. The van der Waals surface area contributed by atoms with Crippen molar-refractivity contribution in [1.29, 1.82) is 0 Å². The smallest absolute Gasteiger partial charge is 0.193 e. The van der Waals surface area contributed by atoms with E-state index in [0.29, 0.717) is 6.54 Å². The summed E-state index contributed by atoms with van der Waals surface area (Å²) in [5, 5.41) is 13.2. The third kappa shape index (κ3) is 7.14. The third-order valence-electron chi connectivity index (χ3n) is 5.52. The van der Waals surface area contributed by atoms with Crippen LogP contribution in [0, 0.1) is 5.41 Å². The average molecular weight is 489 g/mol. The van der Waals surface area contributed by atoms with Gasteiger partial charge in [0.05, 0.1) is 13.2 Å². The number of nitrogens with zero attached hydrogens (tertiary/aromatic N) is 2. The number of para-hydroxylation sites is 1. The van der Waals surface area contributed by atoms with E-state index in [4.69, 9.17) is 9.73 Å². The molecule has 0 amide bonds. The number of likely N-dealkylation sites (tertiary alicyclic amines) is 1. The number of aliphatic imine (C=N–C) groups is 1. The molecule has 1 aliphatic rings. The van der Waals surface area contributed by atoms with Crippen molar-refractivity contribution in [2.75, 3.05) is 32.8 Å². The Balaban J connectivity index is 0.00000364. The first-order valence-electron chi connectivity index (χ1n) is 10.0. The second-order valence-electron chi connectivity index (χ2n) is 7.15. The van der Waals surface area contributed by atoms with Gasteiger partial charge in [-0.15, -0.1) is 24.0 Å². The molecule has 1 fully saturated rings. The van der Waals surface area contributed by atoms with Crippen LogP contribution in [0.15, 0.2) is 35.3 Å². The van der Waals surface area contributed by atoms with Gasteiger partial charge in [0.25, 0.3) is 0 Å². The van der Waals surface area contributed by atoms with E-state index in [2.05, 4.69) is 31.0 Å². The van der Waals surface area contributed by atoms with Crippen molar-refractivity contribution in [3.63, 3.8) is 0 Å². The van der Waals surface area contributed by atoms with Gasteiger partial charge < -0.3 is 20.1 Å². The summed E-state index contributed by atoms with van der Waals surface area (Å²) in [6.07, 6.45) is 4.13. The minimum Gasteiger partial charge on any atom is -0.490 e. The molecule has 27 heavy (non-hydrogen) atoms. The lowest BCUT2D eigenvalue weighted by atomic mass is 9.83. The number of guanidine groups is 1. The summed E-state index contributed by atoms with van der Waals surface area (Å²) in [6, 6.07) is 10.1. The van der Waals surface area contributed by atoms with E-state index in [9.17, 15) is 5.11 Å². The van der Waals surface area contributed by atoms with Gasteiger partial charge in [0.2, 0.25) is 0 Å². The molecule has 1 aromatic rings. The Morgan fingerprint density at radius 1 is 1.19 bits per heavy atom. The van der Waals surface area contributed by atoms with Crippen molar-refractivity contribution in [3.05, 3.63) is 30.3 Å². The second-order valence-corrected chi connectivity index (χ2v) is 7.15. The first-order chi connectivity index (χ1) is 12.7. The molecule has 0 atom stereocenters. The fraction of sp³-hybridized carbons (Fsp3) is 0.667. The Kier molecular flexibility index (Phi) is 11.1. The first-order valence-corrected chi connectivity index (χ1v) is 10.0. The van der Waals surface area contributed by atoms with Crippen LogP contribution in [0.4, 0.5) is 0 Å². The molecule has 1 heterocycles. The highest BCUT2D eigenvalue weighted by molar-refractivity contribution is 14.0. The fourth-order valence-electron chi connectivity index (χ4n) is 3.29. The van der Waals surface area contributed by atoms with Crippen molar-refractivity contribution in [1.82, 2.24) is 10.2 Å². The van der Waals surface area contributed by atoms with E-state index in [1.807, 2.05) is 30.3 Å². The number of rotatable bonds is 8. The standard InChI is InChI=1S/C21H35N3O2.HI/c1-4-21(5-2,17-25)16-23-20(22-6-3)24-14-12-19(13-15-24)26-18-10-8-7-9-11-18;/h7-11,19,25H,4-6,12-17H2,1-3H3,(H,22,23);1H. The van der Waals surface area contributed by atoms with Crippen molar-refractivity contribution >= 4 is 29.9 Å². The van der Waals surface area contributed by atoms with Crippen LogP contribution in [0.5, 0.6) is 5.75 Å². The quantitative estimate of drug-likeness (QED) is 0.330. The molecule has 1 aromatic carbocycles. The SMILES string of the molecule is CCNC(=NCC(CC)(CC)CO)N1CCC(Oc2ccccc2)CC1.I. The topological polar surface area (TPSA) is 57.1 Å². The van der Waals surface area contributed by atoms with Crippen LogP contribution in [0.1, 0.15) is 46.5 Å². The Hall–Kier alpha value is -1.02. The highest BCUT2D eigenvalue weighted by Gasteiger charge is 2.27. The predicted molar refractivity (Wildman–Crippen MR) is 123 cm³/mol. The molecule has 0 saturated carbocycles.